The molecule has 0 spiro atoms. The minimum Gasteiger partial charge on any atom is -0.493 e. The normalized spacial score (nSPS) is 15.5. The monoisotopic (exact) mass is 398 g/mol. The van der Waals surface area contributed by atoms with Gasteiger partial charge in [0.25, 0.3) is 0 Å². The fourth-order valence-corrected chi connectivity index (χ4v) is 3.61. The van der Waals surface area contributed by atoms with Crippen molar-refractivity contribution >= 4 is 5.91 Å². The summed E-state index contributed by atoms with van der Waals surface area (Å²) in [5.74, 6) is 1.45. The maximum absolute atomic E-state index is 12.5. The minimum absolute atomic E-state index is 0.0550. The number of amides is 1. The summed E-state index contributed by atoms with van der Waals surface area (Å²) in [6.45, 7) is 3.61. The Morgan fingerprint density at radius 1 is 1.07 bits per heavy atom. The first kappa shape index (κ1) is 21.1. The van der Waals surface area contributed by atoms with Crippen LogP contribution in [0.25, 0.3) is 0 Å². The molecule has 1 fully saturated rings. The maximum Gasteiger partial charge on any atom is 0.220 e. The topological polar surface area (TPSA) is 60.0 Å². The predicted molar refractivity (Wildman–Crippen MR) is 112 cm³/mol. The number of benzene rings is 2. The van der Waals surface area contributed by atoms with Gasteiger partial charge in [-0.2, -0.15) is 0 Å². The summed E-state index contributed by atoms with van der Waals surface area (Å²) < 4.78 is 16.3. The number of carbonyl (C=O) groups excluding carboxylic acids is 1. The Labute approximate surface area is 172 Å². The molecule has 1 amide bonds. The summed E-state index contributed by atoms with van der Waals surface area (Å²) in [6, 6.07) is 16.1. The molecule has 0 bridgehead atoms. The van der Waals surface area contributed by atoms with E-state index in [1.807, 2.05) is 48.5 Å². The Bertz CT molecular complexity index is 776. The zero-order valence-corrected chi connectivity index (χ0v) is 17.2. The lowest BCUT2D eigenvalue weighted by Crippen LogP contribution is -2.43. The van der Waals surface area contributed by atoms with Crippen LogP contribution in [0.4, 0.5) is 0 Å². The standard InChI is InChI=1S/C23H30N2O4/c1-27-21-10-9-19(16-22(21)28-2)20(25-12-14-29-15-13-25)17-24-23(26)11-8-18-6-4-3-5-7-18/h3-7,9-10,16,20H,8,11-15,17H2,1-2H3,(H,24,26). The summed E-state index contributed by atoms with van der Waals surface area (Å²) in [5, 5.41) is 3.12. The SMILES string of the molecule is COc1ccc(C(CNC(=O)CCc2ccccc2)N2CCOCC2)cc1OC. The van der Waals surface area contributed by atoms with Crippen molar-refractivity contribution in [2.45, 2.75) is 18.9 Å². The Hall–Kier alpha value is -2.57. The molecule has 2 aromatic rings. The lowest BCUT2D eigenvalue weighted by Gasteiger charge is -2.35. The molecule has 1 unspecified atom stereocenters. The smallest absolute Gasteiger partial charge is 0.220 e. The van der Waals surface area contributed by atoms with Crippen molar-refractivity contribution in [2.24, 2.45) is 0 Å². The molecule has 1 saturated heterocycles. The number of hydrogen-bond donors (Lipinski definition) is 1. The third kappa shape index (κ3) is 5.95. The van der Waals surface area contributed by atoms with E-state index < -0.39 is 0 Å². The van der Waals surface area contributed by atoms with E-state index in [-0.39, 0.29) is 11.9 Å². The molecule has 0 radical (unpaired) electrons. The number of carbonyl (C=O) groups is 1. The van der Waals surface area contributed by atoms with Gasteiger partial charge in [0.2, 0.25) is 5.91 Å². The van der Waals surface area contributed by atoms with Crippen molar-refractivity contribution in [3.63, 3.8) is 0 Å². The number of nitrogens with zero attached hydrogens (tertiary/aromatic N) is 1. The summed E-state index contributed by atoms with van der Waals surface area (Å²) in [4.78, 5) is 14.8. The fourth-order valence-electron chi connectivity index (χ4n) is 3.61. The van der Waals surface area contributed by atoms with E-state index >= 15 is 0 Å². The van der Waals surface area contributed by atoms with Crippen LogP contribution in [0.1, 0.15) is 23.6 Å². The summed E-state index contributed by atoms with van der Waals surface area (Å²) in [5.41, 5.74) is 2.26. The van der Waals surface area contributed by atoms with Crippen LogP contribution in [0, 0.1) is 0 Å². The van der Waals surface area contributed by atoms with E-state index in [4.69, 9.17) is 14.2 Å². The first-order valence-corrected chi connectivity index (χ1v) is 10.1. The molecule has 3 rings (SSSR count). The molecular formula is C23H30N2O4. The van der Waals surface area contributed by atoms with Crippen LogP contribution in [-0.2, 0) is 16.0 Å². The molecule has 29 heavy (non-hydrogen) atoms. The van der Waals surface area contributed by atoms with Gasteiger partial charge in [0, 0.05) is 26.1 Å². The first-order chi connectivity index (χ1) is 14.2. The molecule has 1 aliphatic heterocycles. The van der Waals surface area contributed by atoms with Gasteiger partial charge in [0.1, 0.15) is 0 Å². The van der Waals surface area contributed by atoms with Gasteiger partial charge in [-0.05, 0) is 29.7 Å². The van der Waals surface area contributed by atoms with Crippen molar-refractivity contribution in [3.8, 4) is 11.5 Å². The lowest BCUT2D eigenvalue weighted by atomic mass is 10.0. The summed E-state index contributed by atoms with van der Waals surface area (Å²) in [7, 11) is 3.26. The van der Waals surface area contributed by atoms with E-state index in [1.54, 1.807) is 14.2 Å². The van der Waals surface area contributed by atoms with Crippen LogP contribution >= 0.6 is 0 Å². The number of nitrogens with one attached hydrogen (secondary N) is 1. The Morgan fingerprint density at radius 3 is 2.48 bits per heavy atom. The highest BCUT2D eigenvalue weighted by molar-refractivity contribution is 5.76. The Balaban J connectivity index is 1.66. The Morgan fingerprint density at radius 2 is 1.79 bits per heavy atom. The van der Waals surface area contributed by atoms with Crippen LogP contribution < -0.4 is 14.8 Å². The average Bonchev–Trinajstić information content (AvgIpc) is 2.79. The number of aryl methyl sites for hydroxylation is 1. The van der Waals surface area contributed by atoms with Gasteiger partial charge in [-0.25, -0.2) is 0 Å². The van der Waals surface area contributed by atoms with Crippen LogP contribution in [0.2, 0.25) is 0 Å². The second-order valence-corrected chi connectivity index (χ2v) is 7.07. The molecule has 1 aliphatic rings. The minimum atomic E-state index is 0.0550. The van der Waals surface area contributed by atoms with Crippen molar-refractivity contribution < 1.29 is 19.0 Å². The first-order valence-electron chi connectivity index (χ1n) is 10.1. The van der Waals surface area contributed by atoms with Crippen LogP contribution in [0.15, 0.2) is 48.5 Å². The molecule has 6 nitrogen and oxygen atoms in total. The van der Waals surface area contributed by atoms with Gasteiger partial charge in [-0.1, -0.05) is 36.4 Å². The number of morpholine rings is 1. The van der Waals surface area contributed by atoms with Crippen LogP contribution in [0.3, 0.4) is 0 Å². The average molecular weight is 399 g/mol. The summed E-state index contributed by atoms with van der Waals surface area (Å²) in [6.07, 6.45) is 1.22. The number of methoxy groups -OCH3 is 2. The van der Waals surface area contributed by atoms with Crippen molar-refractivity contribution in [2.75, 3.05) is 47.1 Å². The van der Waals surface area contributed by atoms with Crippen LogP contribution in [0.5, 0.6) is 11.5 Å². The number of hydrogen-bond acceptors (Lipinski definition) is 5. The van der Waals surface area contributed by atoms with E-state index in [1.165, 1.54) is 5.56 Å². The van der Waals surface area contributed by atoms with Crippen molar-refractivity contribution in [3.05, 3.63) is 59.7 Å². The fraction of sp³-hybridized carbons (Fsp3) is 0.435. The van der Waals surface area contributed by atoms with Gasteiger partial charge < -0.3 is 19.5 Å². The molecule has 6 heteroatoms. The molecule has 156 valence electrons. The third-order valence-electron chi connectivity index (χ3n) is 5.25. The molecule has 0 aliphatic carbocycles. The molecule has 0 saturated carbocycles. The second-order valence-electron chi connectivity index (χ2n) is 7.07. The van der Waals surface area contributed by atoms with E-state index in [0.717, 1.165) is 25.1 Å². The van der Waals surface area contributed by atoms with E-state index in [9.17, 15) is 4.79 Å². The number of rotatable bonds is 9. The zero-order chi connectivity index (χ0) is 20.5. The van der Waals surface area contributed by atoms with Crippen LogP contribution in [-0.4, -0.2) is 57.9 Å². The maximum atomic E-state index is 12.5. The molecule has 1 atom stereocenters. The lowest BCUT2D eigenvalue weighted by molar-refractivity contribution is -0.121. The largest absolute Gasteiger partial charge is 0.493 e. The Kier molecular flexibility index (Phi) is 7.90. The molecule has 1 heterocycles. The van der Waals surface area contributed by atoms with Gasteiger partial charge in [0.15, 0.2) is 11.5 Å². The van der Waals surface area contributed by atoms with Gasteiger partial charge in [0.05, 0.1) is 33.5 Å². The zero-order valence-electron chi connectivity index (χ0n) is 17.2. The van der Waals surface area contributed by atoms with E-state index in [2.05, 4.69) is 10.2 Å². The quantitative estimate of drug-likeness (QED) is 0.704. The molecule has 1 N–H and O–H groups in total. The second kappa shape index (κ2) is 10.8. The highest BCUT2D eigenvalue weighted by Crippen LogP contribution is 2.32. The van der Waals surface area contributed by atoms with Gasteiger partial charge in [-0.15, -0.1) is 0 Å². The highest BCUT2D eigenvalue weighted by Gasteiger charge is 2.24. The molecular weight excluding hydrogens is 368 g/mol. The predicted octanol–water partition coefficient (Wildman–Crippen LogP) is 2.83. The van der Waals surface area contributed by atoms with E-state index in [0.29, 0.717) is 37.7 Å². The highest BCUT2D eigenvalue weighted by atomic mass is 16.5. The molecule has 0 aromatic heterocycles. The number of ether oxygens (including phenoxy) is 3. The molecule has 2 aromatic carbocycles. The van der Waals surface area contributed by atoms with Crippen molar-refractivity contribution in [1.29, 1.82) is 0 Å². The third-order valence-corrected chi connectivity index (χ3v) is 5.25. The van der Waals surface area contributed by atoms with Crippen molar-refractivity contribution in [1.82, 2.24) is 10.2 Å². The van der Waals surface area contributed by atoms with Gasteiger partial charge >= 0.3 is 0 Å². The van der Waals surface area contributed by atoms with Gasteiger partial charge in [-0.3, -0.25) is 9.69 Å². The summed E-state index contributed by atoms with van der Waals surface area (Å²) >= 11 is 0.